The van der Waals surface area contributed by atoms with Crippen LogP contribution in [0.4, 0.5) is 4.79 Å². The number of benzene rings is 1. The average Bonchev–Trinajstić information content (AvgIpc) is 2.39. The number of amides is 1. The van der Waals surface area contributed by atoms with Gasteiger partial charge in [-0.3, -0.25) is 0 Å². The van der Waals surface area contributed by atoms with Gasteiger partial charge in [0.05, 0.1) is 0 Å². The molecule has 0 bridgehead atoms. The lowest BCUT2D eigenvalue weighted by atomic mass is 10.0. The van der Waals surface area contributed by atoms with Crippen LogP contribution in [0.1, 0.15) is 46.6 Å². The predicted octanol–water partition coefficient (Wildman–Crippen LogP) is 4.48. The van der Waals surface area contributed by atoms with Crippen molar-refractivity contribution >= 4 is 22.0 Å². The summed E-state index contributed by atoms with van der Waals surface area (Å²) in [6, 6.07) is 8.43. The number of rotatable bonds is 7. The van der Waals surface area contributed by atoms with Gasteiger partial charge in [0.25, 0.3) is 0 Å². The van der Waals surface area contributed by atoms with Crippen molar-refractivity contribution in [1.82, 2.24) is 10.6 Å². The molecule has 5 heteroatoms. The first-order valence-corrected chi connectivity index (χ1v) is 8.89. The Hall–Kier alpha value is -1.07. The summed E-state index contributed by atoms with van der Waals surface area (Å²) in [5.74, 6) is 0.551. The third kappa shape index (κ3) is 9.61. The molecule has 0 spiro atoms. The Morgan fingerprint density at radius 1 is 1.30 bits per heavy atom. The molecule has 1 unspecified atom stereocenters. The molecule has 1 aromatic carbocycles. The number of ether oxygens (including phenoxy) is 1. The lowest BCUT2D eigenvalue weighted by Crippen LogP contribution is -2.43. The van der Waals surface area contributed by atoms with E-state index in [2.05, 4.69) is 52.5 Å². The van der Waals surface area contributed by atoms with Crippen molar-refractivity contribution in [2.24, 2.45) is 5.92 Å². The Kier molecular flexibility index (Phi) is 8.06. The second-order valence-corrected chi connectivity index (χ2v) is 8.14. The highest BCUT2D eigenvalue weighted by molar-refractivity contribution is 9.10. The van der Waals surface area contributed by atoms with E-state index in [0.29, 0.717) is 12.5 Å². The molecule has 1 atom stereocenters. The summed E-state index contributed by atoms with van der Waals surface area (Å²) in [5, 5.41) is 6.38. The van der Waals surface area contributed by atoms with Crippen LogP contribution in [0, 0.1) is 5.92 Å². The Morgan fingerprint density at radius 3 is 2.57 bits per heavy atom. The lowest BCUT2D eigenvalue weighted by Gasteiger charge is -2.24. The van der Waals surface area contributed by atoms with Gasteiger partial charge >= 0.3 is 6.09 Å². The van der Waals surface area contributed by atoms with Gasteiger partial charge in [-0.15, -0.1) is 0 Å². The molecule has 23 heavy (non-hydrogen) atoms. The van der Waals surface area contributed by atoms with Crippen molar-refractivity contribution in [1.29, 1.82) is 0 Å². The summed E-state index contributed by atoms with van der Waals surface area (Å²) in [7, 11) is 0. The molecule has 0 aliphatic rings. The number of carbonyl (C=O) groups excluding carboxylic acids is 1. The largest absolute Gasteiger partial charge is 0.444 e. The molecule has 0 saturated carbocycles. The molecular weight excluding hydrogens is 356 g/mol. The van der Waals surface area contributed by atoms with Crippen LogP contribution in [-0.4, -0.2) is 24.3 Å². The van der Waals surface area contributed by atoms with Crippen molar-refractivity contribution in [3.8, 4) is 0 Å². The molecule has 0 heterocycles. The molecule has 0 saturated heterocycles. The molecule has 4 nitrogen and oxygen atoms in total. The van der Waals surface area contributed by atoms with Gasteiger partial charge in [0.2, 0.25) is 0 Å². The highest BCUT2D eigenvalue weighted by Crippen LogP contribution is 2.12. The molecule has 1 amide bonds. The summed E-state index contributed by atoms with van der Waals surface area (Å²) in [6.45, 7) is 11.3. The monoisotopic (exact) mass is 384 g/mol. The number of alkyl carbamates (subject to hydrolysis) is 1. The molecule has 0 fully saturated rings. The third-order valence-electron chi connectivity index (χ3n) is 3.13. The minimum absolute atomic E-state index is 0.210. The summed E-state index contributed by atoms with van der Waals surface area (Å²) in [6.07, 6.45) is 0.625. The SMILES string of the molecule is CC(C)CC(CNC(=O)OC(C)(C)C)NCc1cccc(Br)c1. The number of halogens is 1. The van der Waals surface area contributed by atoms with Crippen LogP contribution < -0.4 is 10.6 Å². The van der Waals surface area contributed by atoms with Crippen LogP contribution in [0.15, 0.2) is 28.7 Å². The molecule has 130 valence electrons. The van der Waals surface area contributed by atoms with Crippen LogP contribution >= 0.6 is 15.9 Å². The highest BCUT2D eigenvalue weighted by Gasteiger charge is 2.18. The minimum Gasteiger partial charge on any atom is -0.444 e. The van der Waals surface area contributed by atoms with E-state index in [-0.39, 0.29) is 12.1 Å². The Morgan fingerprint density at radius 2 is 2.00 bits per heavy atom. The maximum atomic E-state index is 11.8. The molecule has 2 N–H and O–H groups in total. The van der Waals surface area contributed by atoms with Crippen LogP contribution in [0.3, 0.4) is 0 Å². The zero-order valence-electron chi connectivity index (χ0n) is 14.8. The number of carbonyl (C=O) groups is 1. The molecular formula is C18H29BrN2O2. The summed E-state index contributed by atoms with van der Waals surface area (Å²) in [5.41, 5.74) is 0.742. The smallest absolute Gasteiger partial charge is 0.407 e. The number of nitrogens with one attached hydrogen (secondary N) is 2. The fourth-order valence-corrected chi connectivity index (χ4v) is 2.68. The summed E-state index contributed by atoms with van der Waals surface area (Å²) >= 11 is 3.49. The van der Waals surface area contributed by atoms with E-state index in [1.54, 1.807) is 0 Å². The zero-order chi connectivity index (χ0) is 17.5. The molecule has 0 aromatic heterocycles. The van der Waals surface area contributed by atoms with E-state index in [1.807, 2.05) is 32.9 Å². The highest BCUT2D eigenvalue weighted by atomic mass is 79.9. The van der Waals surface area contributed by atoms with Gasteiger partial charge in [0.1, 0.15) is 5.60 Å². The predicted molar refractivity (Wildman–Crippen MR) is 98.5 cm³/mol. The van der Waals surface area contributed by atoms with Crippen molar-refractivity contribution in [3.63, 3.8) is 0 Å². The maximum absolute atomic E-state index is 11.8. The quantitative estimate of drug-likeness (QED) is 0.728. The van der Waals surface area contributed by atoms with Crippen molar-refractivity contribution < 1.29 is 9.53 Å². The lowest BCUT2D eigenvalue weighted by molar-refractivity contribution is 0.0521. The van der Waals surface area contributed by atoms with Gasteiger partial charge in [-0.05, 0) is 50.8 Å². The fourth-order valence-electron chi connectivity index (χ4n) is 2.24. The minimum atomic E-state index is -0.471. The maximum Gasteiger partial charge on any atom is 0.407 e. The fraction of sp³-hybridized carbons (Fsp3) is 0.611. The van der Waals surface area contributed by atoms with E-state index in [1.165, 1.54) is 5.56 Å². The average molecular weight is 385 g/mol. The normalized spacial score (nSPS) is 13.0. The second-order valence-electron chi connectivity index (χ2n) is 7.22. The Balaban J connectivity index is 2.50. The molecule has 1 aromatic rings. The van der Waals surface area contributed by atoms with E-state index in [0.717, 1.165) is 17.4 Å². The second kappa shape index (κ2) is 9.28. The molecule has 0 radical (unpaired) electrons. The van der Waals surface area contributed by atoms with Crippen LogP contribution in [0.2, 0.25) is 0 Å². The number of hydrogen-bond acceptors (Lipinski definition) is 3. The van der Waals surface area contributed by atoms with Gasteiger partial charge in [0, 0.05) is 23.6 Å². The summed E-state index contributed by atoms with van der Waals surface area (Å²) < 4.78 is 6.36. The van der Waals surface area contributed by atoms with Crippen molar-refractivity contribution in [2.45, 2.75) is 59.2 Å². The zero-order valence-corrected chi connectivity index (χ0v) is 16.4. The van der Waals surface area contributed by atoms with Gasteiger partial charge in [-0.2, -0.15) is 0 Å². The first-order valence-electron chi connectivity index (χ1n) is 8.10. The molecule has 1 rings (SSSR count). The van der Waals surface area contributed by atoms with E-state index in [4.69, 9.17) is 4.74 Å². The van der Waals surface area contributed by atoms with Gasteiger partial charge in [0.15, 0.2) is 0 Å². The van der Waals surface area contributed by atoms with Crippen molar-refractivity contribution in [3.05, 3.63) is 34.3 Å². The van der Waals surface area contributed by atoms with Gasteiger partial charge < -0.3 is 15.4 Å². The van der Waals surface area contributed by atoms with Gasteiger partial charge in [-0.25, -0.2) is 4.79 Å². The first-order chi connectivity index (χ1) is 10.7. The first kappa shape index (κ1) is 20.0. The van der Waals surface area contributed by atoms with Crippen LogP contribution in [0.25, 0.3) is 0 Å². The van der Waals surface area contributed by atoms with E-state index in [9.17, 15) is 4.79 Å². The Bertz CT molecular complexity index is 498. The van der Waals surface area contributed by atoms with Crippen LogP contribution in [0.5, 0.6) is 0 Å². The van der Waals surface area contributed by atoms with Gasteiger partial charge in [-0.1, -0.05) is 41.9 Å². The third-order valence-corrected chi connectivity index (χ3v) is 3.62. The molecule has 0 aliphatic heterocycles. The van der Waals surface area contributed by atoms with Crippen molar-refractivity contribution in [2.75, 3.05) is 6.54 Å². The van der Waals surface area contributed by atoms with E-state index >= 15 is 0 Å². The molecule has 0 aliphatic carbocycles. The standard InChI is InChI=1S/C18H29BrN2O2/c1-13(2)9-16(12-21-17(22)23-18(3,4)5)20-11-14-7-6-8-15(19)10-14/h6-8,10,13,16,20H,9,11-12H2,1-5H3,(H,21,22). The Labute approximate surface area is 148 Å². The number of hydrogen-bond donors (Lipinski definition) is 2. The topological polar surface area (TPSA) is 50.4 Å². The summed E-state index contributed by atoms with van der Waals surface area (Å²) in [4.78, 5) is 11.8. The van der Waals surface area contributed by atoms with E-state index < -0.39 is 5.60 Å². The van der Waals surface area contributed by atoms with Crippen LogP contribution in [-0.2, 0) is 11.3 Å².